The van der Waals surface area contributed by atoms with Gasteiger partial charge in [-0.1, -0.05) is 39.2 Å². The first-order chi connectivity index (χ1) is 16.0. The molecule has 0 radical (unpaired) electrons. The number of esters is 1. The van der Waals surface area contributed by atoms with E-state index in [1.54, 1.807) is 42.5 Å². The number of anilines is 1. The van der Waals surface area contributed by atoms with Crippen LogP contribution < -0.4 is 15.5 Å². The summed E-state index contributed by atoms with van der Waals surface area (Å²) in [5.41, 5.74) is 0.437. The molecule has 33 heavy (non-hydrogen) atoms. The molecule has 0 aliphatic rings. The Morgan fingerprint density at radius 1 is 0.939 bits per heavy atom. The van der Waals surface area contributed by atoms with Gasteiger partial charge in [0, 0.05) is 11.6 Å². The van der Waals surface area contributed by atoms with Crippen LogP contribution in [0.5, 0.6) is 5.75 Å². The van der Waals surface area contributed by atoms with Gasteiger partial charge >= 0.3 is 5.97 Å². The largest absolute Gasteiger partial charge is 0.494 e. The van der Waals surface area contributed by atoms with Gasteiger partial charge in [-0.25, -0.2) is 4.79 Å². The van der Waals surface area contributed by atoms with E-state index >= 15 is 0 Å². The van der Waals surface area contributed by atoms with E-state index in [0.717, 1.165) is 18.9 Å². The first-order valence-corrected chi connectivity index (χ1v) is 11.3. The number of para-hydroxylation sites is 1. The van der Waals surface area contributed by atoms with E-state index < -0.39 is 11.4 Å². The fourth-order valence-electron chi connectivity index (χ4n) is 3.26. The Morgan fingerprint density at radius 3 is 2.45 bits per heavy atom. The lowest BCUT2D eigenvalue weighted by Gasteiger charge is -2.10. The number of benzene rings is 2. The normalized spacial score (nSPS) is 10.7. The Labute approximate surface area is 192 Å². The quantitative estimate of drug-likeness (QED) is 0.302. The smallest absolute Gasteiger partial charge is 0.374 e. The Balaban J connectivity index is 1.74. The first-order valence-electron chi connectivity index (χ1n) is 11.3. The van der Waals surface area contributed by atoms with Crippen molar-refractivity contribution < 1.29 is 23.5 Å². The predicted molar refractivity (Wildman–Crippen MR) is 127 cm³/mol. The van der Waals surface area contributed by atoms with E-state index in [2.05, 4.69) is 12.2 Å². The molecule has 7 nitrogen and oxygen atoms in total. The topological polar surface area (TPSA) is 94.8 Å². The van der Waals surface area contributed by atoms with E-state index in [0.29, 0.717) is 24.3 Å². The lowest BCUT2D eigenvalue weighted by Crippen LogP contribution is -2.14. The van der Waals surface area contributed by atoms with Gasteiger partial charge in [-0.15, -0.1) is 0 Å². The Bertz CT molecular complexity index is 1150. The highest BCUT2D eigenvalue weighted by Gasteiger charge is 2.17. The zero-order valence-corrected chi connectivity index (χ0v) is 19.0. The minimum atomic E-state index is -0.720. The van der Waals surface area contributed by atoms with Gasteiger partial charge < -0.3 is 19.2 Å². The molecule has 2 aromatic carbocycles. The third kappa shape index (κ3) is 6.44. The average Bonchev–Trinajstić information content (AvgIpc) is 2.83. The van der Waals surface area contributed by atoms with E-state index in [4.69, 9.17) is 13.9 Å². The zero-order chi connectivity index (χ0) is 23.6. The highest BCUT2D eigenvalue weighted by atomic mass is 16.5. The second kappa shape index (κ2) is 11.9. The molecule has 1 aromatic heterocycles. The molecular weight excluding hydrogens is 422 g/mol. The van der Waals surface area contributed by atoms with Gasteiger partial charge in [-0.2, -0.15) is 0 Å². The maximum atomic E-state index is 12.8. The molecule has 0 saturated heterocycles. The van der Waals surface area contributed by atoms with Crippen LogP contribution in [0.3, 0.4) is 0 Å². The monoisotopic (exact) mass is 451 g/mol. The van der Waals surface area contributed by atoms with Crippen molar-refractivity contribution in [1.29, 1.82) is 0 Å². The summed E-state index contributed by atoms with van der Waals surface area (Å²) in [6, 6.07) is 12.8. The molecule has 3 aromatic rings. The van der Waals surface area contributed by atoms with Crippen molar-refractivity contribution in [3.05, 3.63) is 70.1 Å². The molecule has 3 rings (SSSR count). The number of carbonyl (C=O) groups is 2. The molecule has 0 aliphatic carbocycles. The van der Waals surface area contributed by atoms with Crippen LogP contribution in [0.1, 0.15) is 66.9 Å². The van der Waals surface area contributed by atoms with Crippen LogP contribution in [-0.2, 0) is 4.74 Å². The lowest BCUT2D eigenvalue weighted by molar-refractivity contribution is 0.0469. The van der Waals surface area contributed by atoms with Crippen molar-refractivity contribution >= 4 is 28.5 Å². The summed E-state index contributed by atoms with van der Waals surface area (Å²) in [4.78, 5) is 37.4. The van der Waals surface area contributed by atoms with Crippen molar-refractivity contribution in [2.24, 2.45) is 0 Å². The van der Waals surface area contributed by atoms with Gasteiger partial charge in [-0.05, 0) is 49.2 Å². The lowest BCUT2D eigenvalue weighted by atomic mass is 10.1. The molecule has 0 bridgehead atoms. The molecule has 174 valence electrons. The molecule has 1 heterocycles. The van der Waals surface area contributed by atoms with Crippen LogP contribution in [0, 0.1) is 0 Å². The maximum Gasteiger partial charge on any atom is 0.374 e. The van der Waals surface area contributed by atoms with Crippen molar-refractivity contribution in [1.82, 2.24) is 0 Å². The minimum Gasteiger partial charge on any atom is -0.494 e. The number of nitrogens with one attached hydrogen (secondary N) is 1. The van der Waals surface area contributed by atoms with E-state index in [1.807, 2.05) is 6.92 Å². The summed E-state index contributed by atoms with van der Waals surface area (Å²) >= 11 is 0. The number of carbonyl (C=O) groups excluding carboxylic acids is 2. The SMILES string of the molecule is CCCCCCOc1ccc(C(=O)Nc2cccc3c(=O)cc(C(=O)OCCC)oc23)cc1. The van der Waals surface area contributed by atoms with Gasteiger partial charge in [0.2, 0.25) is 5.76 Å². The Kier molecular flexibility index (Phi) is 8.63. The first kappa shape index (κ1) is 24.0. The molecule has 0 saturated carbocycles. The number of rotatable bonds is 11. The van der Waals surface area contributed by atoms with Crippen molar-refractivity contribution in [3.8, 4) is 5.75 Å². The molecule has 0 aliphatic heterocycles. The third-order valence-corrected chi connectivity index (χ3v) is 5.02. The highest BCUT2D eigenvalue weighted by Crippen LogP contribution is 2.24. The van der Waals surface area contributed by atoms with Crippen LogP contribution in [0.2, 0.25) is 0 Å². The van der Waals surface area contributed by atoms with Gasteiger partial charge in [0.25, 0.3) is 5.91 Å². The summed E-state index contributed by atoms with van der Waals surface area (Å²) < 4.78 is 16.4. The second-order valence-corrected chi connectivity index (χ2v) is 7.68. The summed E-state index contributed by atoms with van der Waals surface area (Å²) in [7, 11) is 0. The fraction of sp³-hybridized carbons (Fsp3) is 0.346. The summed E-state index contributed by atoms with van der Waals surface area (Å²) in [5, 5.41) is 3.02. The fourth-order valence-corrected chi connectivity index (χ4v) is 3.26. The van der Waals surface area contributed by atoms with Crippen LogP contribution in [0.25, 0.3) is 11.0 Å². The molecule has 0 fully saturated rings. The van der Waals surface area contributed by atoms with Crippen LogP contribution in [-0.4, -0.2) is 25.1 Å². The zero-order valence-electron chi connectivity index (χ0n) is 19.0. The number of ether oxygens (including phenoxy) is 2. The van der Waals surface area contributed by atoms with E-state index in [9.17, 15) is 14.4 Å². The van der Waals surface area contributed by atoms with Crippen LogP contribution >= 0.6 is 0 Å². The standard InChI is InChI=1S/C26H29NO6/c1-3-5-6-7-16-31-19-13-11-18(12-14-19)25(29)27-21-10-8-9-20-22(28)17-23(33-24(20)21)26(30)32-15-4-2/h8-14,17H,3-7,15-16H2,1-2H3,(H,27,29). The Morgan fingerprint density at radius 2 is 1.73 bits per heavy atom. The second-order valence-electron chi connectivity index (χ2n) is 7.68. The number of fused-ring (bicyclic) bond motifs is 1. The van der Waals surface area contributed by atoms with Crippen molar-refractivity contribution in [2.45, 2.75) is 46.0 Å². The molecule has 1 N–H and O–H groups in total. The summed E-state index contributed by atoms with van der Waals surface area (Å²) in [5.74, 6) is -0.599. The number of amides is 1. The molecular formula is C26H29NO6. The highest BCUT2D eigenvalue weighted by molar-refractivity contribution is 6.08. The molecule has 1 amide bonds. The number of hydrogen-bond donors (Lipinski definition) is 1. The molecule has 0 unspecified atom stereocenters. The van der Waals surface area contributed by atoms with Crippen molar-refractivity contribution in [2.75, 3.05) is 18.5 Å². The Hall–Kier alpha value is -3.61. The molecule has 0 atom stereocenters. The van der Waals surface area contributed by atoms with Crippen LogP contribution in [0.15, 0.2) is 57.7 Å². The minimum absolute atomic E-state index is 0.119. The summed E-state index contributed by atoms with van der Waals surface area (Å²) in [6.07, 6.45) is 5.15. The predicted octanol–water partition coefficient (Wildman–Crippen LogP) is 5.57. The van der Waals surface area contributed by atoms with E-state index in [1.165, 1.54) is 12.8 Å². The number of unbranched alkanes of at least 4 members (excludes halogenated alkanes) is 3. The van der Waals surface area contributed by atoms with Gasteiger partial charge in [0.1, 0.15) is 5.75 Å². The van der Waals surface area contributed by atoms with Crippen LogP contribution in [0.4, 0.5) is 5.69 Å². The number of hydrogen-bond acceptors (Lipinski definition) is 6. The third-order valence-electron chi connectivity index (χ3n) is 5.02. The van der Waals surface area contributed by atoms with Crippen molar-refractivity contribution in [3.63, 3.8) is 0 Å². The maximum absolute atomic E-state index is 12.8. The van der Waals surface area contributed by atoms with Gasteiger partial charge in [-0.3, -0.25) is 9.59 Å². The summed E-state index contributed by atoms with van der Waals surface area (Å²) in [6.45, 7) is 4.89. The van der Waals surface area contributed by atoms with Gasteiger partial charge in [0.15, 0.2) is 11.0 Å². The average molecular weight is 452 g/mol. The van der Waals surface area contributed by atoms with E-state index in [-0.39, 0.29) is 34.9 Å². The van der Waals surface area contributed by atoms with Gasteiger partial charge in [0.05, 0.1) is 24.3 Å². The molecule has 0 spiro atoms. The molecule has 7 heteroatoms.